The van der Waals surface area contributed by atoms with Gasteiger partial charge in [-0.05, 0) is 41.5 Å². The van der Waals surface area contributed by atoms with E-state index in [0.717, 1.165) is 26.1 Å². The number of likely N-dealkylation sites (N-methyl/N-ethyl adjacent to an activating group) is 1. The molecule has 1 rings (SSSR count). The van der Waals surface area contributed by atoms with Crippen LogP contribution in [0.3, 0.4) is 0 Å². The van der Waals surface area contributed by atoms with E-state index >= 15 is 0 Å². The Hall–Kier alpha value is 0.1000. The molecule has 0 saturated heterocycles. The van der Waals surface area contributed by atoms with Gasteiger partial charge < -0.3 is 10.6 Å². The Morgan fingerprint density at radius 1 is 1.31 bits per heavy atom. The van der Waals surface area contributed by atoms with Crippen LogP contribution in [-0.2, 0) is 6.42 Å². The summed E-state index contributed by atoms with van der Waals surface area (Å²) in [6, 6.07) is 4.28. The van der Waals surface area contributed by atoms with E-state index in [0.29, 0.717) is 0 Å². The molecule has 1 aromatic heterocycles. The van der Waals surface area contributed by atoms with Crippen molar-refractivity contribution >= 4 is 27.3 Å². The van der Waals surface area contributed by atoms with Crippen LogP contribution in [0.15, 0.2) is 15.9 Å². The van der Waals surface area contributed by atoms with Crippen LogP contribution >= 0.6 is 27.3 Å². The van der Waals surface area contributed by atoms with E-state index in [1.54, 1.807) is 0 Å². The van der Waals surface area contributed by atoms with Crippen molar-refractivity contribution < 1.29 is 0 Å². The van der Waals surface area contributed by atoms with Crippen LogP contribution in [0.5, 0.6) is 0 Å². The van der Waals surface area contributed by atoms with Crippen LogP contribution in [0.1, 0.15) is 4.88 Å². The highest BCUT2D eigenvalue weighted by Crippen LogP contribution is 2.21. The lowest BCUT2D eigenvalue weighted by atomic mass is 10.3. The van der Waals surface area contributed by atoms with Gasteiger partial charge in [0.25, 0.3) is 0 Å². The maximum absolute atomic E-state index is 3.45. The summed E-state index contributed by atoms with van der Waals surface area (Å²) < 4.78 is 1.22. The largest absolute Gasteiger partial charge is 0.318 e. The van der Waals surface area contributed by atoms with Crippen molar-refractivity contribution in [3.63, 3.8) is 0 Å². The average molecular weight is 263 g/mol. The maximum Gasteiger partial charge on any atom is 0.0701 e. The zero-order chi connectivity index (χ0) is 9.52. The van der Waals surface area contributed by atoms with E-state index in [2.05, 4.69) is 38.7 Å². The average Bonchev–Trinajstić information content (AvgIpc) is 2.51. The van der Waals surface area contributed by atoms with Gasteiger partial charge in [-0.1, -0.05) is 0 Å². The molecule has 0 amide bonds. The van der Waals surface area contributed by atoms with Gasteiger partial charge in [0.2, 0.25) is 0 Å². The van der Waals surface area contributed by atoms with Gasteiger partial charge in [0.1, 0.15) is 0 Å². The fourth-order valence-corrected chi connectivity index (χ4v) is 2.52. The normalized spacial score (nSPS) is 10.6. The van der Waals surface area contributed by atoms with E-state index in [1.165, 1.54) is 8.66 Å². The summed E-state index contributed by atoms with van der Waals surface area (Å²) in [5, 5.41) is 6.48. The number of hydrogen-bond donors (Lipinski definition) is 2. The minimum atomic E-state index is 1.04. The molecule has 0 radical (unpaired) electrons. The first-order chi connectivity index (χ1) is 6.33. The van der Waals surface area contributed by atoms with E-state index in [9.17, 15) is 0 Å². The lowest BCUT2D eigenvalue weighted by Crippen LogP contribution is -2.26. The first-order valence-electron chi connectivity index (χ1n) is 4.42. The Balaban J connectivity index is 2.06. The number of thiophene rings is 1. The molecule has 0 spiro atoms. The fraction of sp³-hybridized carbons (Fsp3) is 0.556. The fourth-order valence-electron chi connectivity index (χ4n) is 1.04. The van der Waals surface area contributed by atoms with Gasteiger partial charge in [0.05, 0.1) is 3.79 Å². The Morgan fingerprint density at radius 3 is 2.77 bits per heavy atom. The second-order valence-electron chi connectivity index (χ2n) is 2.81. The van der Waals surface area contributed by atoms with Crippen LogP contribution in [0.25, 0.3) is 0 Å². The van der Waals surface area contributed by atoms with Crippen LogP contribution in [0.2, 0.25) is 0 Å². The molecule has 1 heterocycles. The van der Waals surface area contributed by atoms with E-state index < -0.39 is 0 Å². The molecule has 0 aliphatic carbocycles. The lowest BCUT2D eigenvalue weighted by Gasteiger charge is -2.01. The topological polar surface area (TPSA) is 24.1 Å². The molecule has 0 fully saturated rings. The molecule has 4 heteroatoms. The highest BCUT2D eigenvalue weighted by molar-refractivity contribution is 9.11. The number of rotatable bonds is 6. The summed E-state index contributed by atoms with van der Waals surface area (Å²) in [6.07, 6.45) is 1.12. The number of hydrogen-bond acceptors (Lipinski definition) is 3. The number of nitrogens with one attached hydrogen (secondary N) is 2. The Bertz CT molecular complexity index is 237. The molecule has 74 valence electrons. The number of halogens is 1. The van der Waals surface area contributed by atoms with Crippen molar-refractivity contribution in [1.29, 1.82) is 0 Å². The van der Waals surface area contributed by atoms with Gasteiger partial charge >= 0.3 is 0 Å². The molecule has 0 aliphatic heterocycles. The zero-order valence-electron chi connectivity index (χ0n) is 7.77. The molecule has 2 N–H and O–H groups in total. The SMILES string of the molecule is CNCCNCCc1ccc(Br)s1. The van der Waals surface area contributed by atoms with Gasteiger partial charge in [0, 0.05) is 24.5 Å². The standard InChI is InChI=1S/C9H15BrN2S/c1-11-6-7-12-5-4-8-2-3-9(10)13-8/h2-3,11-12H,4-7H2,1H3. The third kappa shape index (κ3) is 4.76. The maximum atomic E-state index is 3.45. The molecular formula is C9H15BrN2S. The molecule has 0 bridgehead atoms. The predicted molar refractivity (Wildman–Crippen MR) is 62.5 cm³/mol. The zero-order valence-corrected chi connectivity index (χ0v) is 10.2. The highest BCUT2D eigenvalue weighted by atomic mass is 79.9. The van der Waals surface area contributed by atoms with Gasteiger partial charge in [0.15, 0.2) is 0 Å². The highest BCUT2D eigenvalue weighted by Gasteiger charge is 1.96. The summed E-state index contributed by atoms with van der Waals surface area (Å²) in [4.78, 5) is 1.43. The Morgan fingerprint density at radius 2 is 2.15 bits per heavy atom. The summed E-state index contributed by atoms with van der Waals surface area (Å²) in [7, 11) is 1.97. The summed E-state index contributed by atoms with van der Waals surface area (Å²) in [5.74, 6) is 0. The van der Waals surface area contributed by atoms with Gasteiger partial charge in [-0.2, -0.15) is 0 Å². The quantitative estimate of drug-likeness (QED) is 0.765. The molecule has 1 aromatic rings. The van der Waals surface area contributed by atoms with Crippen LogP contribution in [0, 0.1) is 0 Å². The summed E-state index contributed by atoms with van der Waals surface area (Å²) >= 11 is 5.27. The summed E-state index contributed by atoms with van der Waals surface area (Å²) in [5.41, 5.74) is 0. The third-order valence-corrected chi connectivity index (χ3v) is 3.41. The molecule has 0 aliphatic rings. The van der Waals surface area contributed by atoms with Gasteiger partial charge in [-0.3, -0.25) is 0 Å². The van der Waals surface area contributed by atoms with Crippen LogP contribution in [0.4, 0.5) is 0 Å². The first kappa shape index (κ1) is 11.2. The van der Waals surface area contributed by atoms with Crippen LogP contribution in [-0.4, -0.2) is 26.7 Å². The predicted octanol–water partition coefficient (Wildman–Crippen LogP) is 1.86. The molecule has 0 saturated carbocycles. The van der Waals surface area contributed by atoms with Crippen LogP contribution < -0.4 is 10.6 Å². The molecule has 0 aromatic carbocycles. The minimum absolute atomic E-state index is 1.04. The van der Waals surface area contributed by atoms with Gasteiger partial charge in [-0.15, -0.1) is 11.3 Å². The molecule has 0 atom stereocenters. The Kier molecular flexibility index (Phi) is 5.62. The summed E-state index contributed by atoms with van der Waals surface area (Å²) in [6.45, 7) is 3.14. The molecule has 2 nitrogen and oxygen atoms in total. The molecule has 0 unspecified atom stereocenters. The first-order valence-corrected chi connectivity index (χ1v) is 6.03. The smallest absolute Gasteiger partial charge is 0.0701 e. The second-order valence-corrected chi connectivity index (χ2v) is 5.36. The van der Waals surface area contributed by atoms with E-state index in [1.807, 2.05) is 18.4 Å². The Labute approximate surface area is 91.9 Å². The van der Waals surface area contributed by atoms with Crippen molar-refractivity contribution in [3.8, 4) is 0 Å². The molecule has 13 heavy (non-hydrogen) atoms. The van der Waals surface area contributed by atoms with Crippen molar-refractivity contribution in [2.45, 2.75) is 6.42 Å². The van der Waals surface area contributed by atoms with E-state index in [-0.39, 0.29) is 0 Å². The molecular weight excluding hydrogens is 248 g/mol. The van der Waals surface area contributed by atoms with Gasteiger partial charge in [-0.25, -0.2) is 0 Å². The third-order valence-electron chi connectivity index (χ3n) is 1.73. The van der Waals surface area contributed by atoms with Crippen molar-refractivity contribution in [3.05, 3.63) is 20.8 Å². The minimum Gasteiger partial charge on any atom is -0.318 e. The van der Waals surface area contributed by atoms with Crippen molar-refractivity contribution in [2.75, 3.05) is 26.7 Å². The lowest BCUT2D eigenvalue weighted by molar-refractivity contribution is 0.651. The van der Waals surface area contributed by atoms with Crippen molar-refractivity contribution in [2.24, 2.45) is 0 Å². The van der Waals surface area contributed by atoms with Crippen molar-refractivity contribution in [1.82, 2.24) is 10.6 Å². The van der Waals surface area contributed by atoms with E-state index in [4.69, 9.17) is 0 Å². The second kappa shape index (κ2) is 6.54. The monoisotopic (exact) mass is 262 g/mol.